The van der Waals surface area contributed by atoms with Crippen LogP contribution in [-0.4, -0.2) is 23.0 Å². The quantitative estimate of drug-likeness (QED) is 0.660. The highest BCUT2D eigenvalue weighted by Gasteiger charge is 2.24. The second-order valence-electron chi connectivity index (χ2n) is 5.29. The van der Waals surface area contributed by atoms with Crippen molar-refractivity contribution < 1.29 is 0 Å². The number of aromatic nitrogens is 1. The minimum atomic E-state index is 0.641. The Bertz CT molecular complexity index is 555. The average molecular weight is 268 g/mol. The molecule has 3 N–H and O–H groups in total. The largest absolute Gasteiger partial charge is 0.308 e. The maximum atomic E-state index is 5.51. The predicted molar refractivity (Wildman–Crippen MR) is 81.1 cm³/mol. The summed E-state index contributed by atoms with van der Waals surface area (Å²) in [7, 11) is 0. The number of likely N-dealkylation sites (tertiary alicyclic amines) is 1. The molecule has 1 atom stereocenters. The third-order valence-electron chi connectivity index (χ3n) is 3.97. The van der Waals surface area contributed by atoms with E-state index in [-0.39, 0.29) is 0 Å². The van der Waals surface area contributed by atoms with Gasteiger partial charge in [0.25, 0.3) is 0 Å². The molecule has 0 amide bonds. The van der Waals surface area contributed by atoms with Crippen LogP contribution in [0.25, 0.3) is 0 Å². The Balaban J connectivity index is 1.66. The van der Waals surface area contributed by atoms with Gasteiger partial charge in [-0.25, -0.2) is 10.8 Å². The van der Waals surface area contributed by atoms with Crippen LogP contribution < -0.4 is 11.3 Å². The van der Waals surface area contributed by atoms with E-state index in [1.54, 1.807) is 6.20 Å². The van der Waals surface area contributed by atoms with Crippen LogP contribution in [0.3, 0.4) is 0 Å². The Hall–Kier alpha value is -1.91. The van der Waals surface area contributed by atoms with Gasteiger partial charge in [-0.05, 0) is 30.5 Å². The van der Waals surface area contributed by atoms with Crippen LogP contribution in [0.2, 0.25) is 0 Å². The molecule has 1 aliphatic heterocycles. The summed E-state index contributed by atoms with van der Waals surface area (Å²) in [5.41, 5.74) is 5.27. The van der Waals surface area contributed by atoms with Crippen molar-refractivity contribution in [3.63, 3.8) is 0 Å². The van der Waals surface area contributed by atoms with Gasteiger partial charge in [0.2, 0.25) is 0 Å². The van der Waals surface area contributed by atoms with Gasteiger partial charge in [-0.1, -0.05) is 36.4 Å². The van der Waals surface area contributed by atoms with E-state index < -0.39 is 0 Å². The highest BCUT2D eigenvalue weighted by atomic mass is 15.3. The zero-order chi connectivity index (χ0) is 13.8. The summed E-state index contributed by atoms with van der Waals surface area (Å²) >= 11 is 0. The Morgan fingerprint density at radius 3 is 2.85 bits per heavy atom. The Morgan fingerprint density at radius 2 is 2.05 bits per heavy atom. The number of pyridine rings is 1. The second kappa shape index (κ2) is 6.03. The lowest BCUT2D eigenvalue weighted by Crippen LogP contribution is -2.21. The van der Waals surface area contributed by atoms with Crippen molar-refractivity contribution in [2.45, 2.75) is 18.9 Å². The van der Waals surface area contributed by atoms with Gasteiger partial charge in [0, 0.05) is 24.8 Å². The molecule has 3 rings (SSSR count). The van der Waals surface area contributed by atoms with E-state index in [0.717, 1.165) is 31.0 Å². The van der Waals surface area contributed by atoms with Crippen LogP contribution in [0.1, 0.15) is 23.5 Å². The van der Waals surface area contributed by atoms with Crippen LogP contribution in [0.5, 0.6) is 0 Å². The normalized spacial score (nSPS) is 19.1. The first-order valence-corrected chi connectivity index (χ1v) is 7.04. The Morgan fingerprint density at radius 1 is 1.20 bits per heavy atom. The summed E-state index contributed by atoms with van der Waals surface area (Å²) in [5, 5.41) is 0. The van der Waals surface area contributed by atoms with Crippen molar-refractivity contribution in [3.8, 4) is 0 Å². The molecule has 0 spiro atoms. The molecule has 1 aromatic heterocycles. The first-order chi connectivity index (χ1) is 9.86. The second-order valence-corrected chi connectivity index (χ2v) is 5.29. The fourth-order valence-electron chi connectivity index (χ4n) is 2.91. The first-order valence-electron chi connectivity index (χ1n) is 7.04. The Kier molecular flexibility index (Phi) is 3.95. The molecule has 2 heterocycles. The van der Waals surface area contributed by atoms with Gasteiger partial charge in [-0.2, -0.15) is 0 Å². The van der Waals surface area contributed by atoms with E-state index in [0.29, 0.717) is 5.92 Å². The van der Waals surface area contributed by atoms with Crippen molar-refractivity contribution in [2.75, 3.05) is 18.5 Å². The van der Waals surface area contributed by atoms with E-state index in [1.807, 2.05) is 6.07 Å². The monoisotopic (exact) mass is 268 g/mol. The molecule has 104 valence electrons. The number of hydrogen-bond acceptors (Lipinski definition) is 4. The number of nitrogens with zero attached hydrogens (tertiary/aromatic N) is 2. The lowest BCUT2D eigenvalue weighted by atomic mass is 9.99. The van der Waals surface area contributed by atoms with Crippen molar-refractivity contribution in [1.29, 1.82) is 0 Å². The van der Waals surface area contributed by atoms with Gasteiger partial charge in [0.15, 0.2) is 0 Å². The smallest absolute Gasteiger partial charge is 0.144 e. The number of hydrogen-bond donors (Lipinski definition) is 2. The molecule has 0 saturated carbocycles. The van der Waals surface area contributed by atoms with E-state index in [2.05, 4.69) is 51.7 Å². The average Bonchev–Trinajstić information content (AvgIpc) is 2.97. The maximum absolute atomic E-state index is 5.51. The summed E-state index contributed by atoms with van der Waals surface area (Å²) in [5.74, 6) is 6.93. The standard InChI is InChI=1S/C16H20N4/c17-19-16-15(7-4-9-18-16)12-20-10-8-14(11-20)13-5-2-1-3-6-13/h1-7,9,14H,8,10-12,17H2,(H,18,19). The molecule has 1 unspecified atom stereocenters. The summed E-state index contributed by atoms with van der Waals surface area (Å²) in [6, 6.07) is 14.8. The number of anilines is 1. The third-order valence-corrected chi connectivity index (χ3v) is 3.97. The summed E-state index contributed by atoms with van der Waals surface area (Å²) in [6.07, 6.45) is 2.98. The van der Waals surface area contributed by atoms with Gasteiger partial charge in [-0.15, -0.1) is 0 Å². The maximum Gasteiger partial charge on any atom is 0.144 e. The molecular formula is C16H20N4. The number of benzene rings is 1. The van der Waals surface area contributed by atoms with Crippen LogP contribution >= 0.6 is 0 Å². The van der Waals surface area contributed by atoms with Crippen LogP contribution in [0, 0.1) is 0 Å². The lowest BCUT2D eigenvalue weighted by Gasteiger charge is -2.17. The van der Waals surface area contributed by atoms with Gasteiger partial charge < -0.3 is 5.43 Å². The van der Waals surface area contributed by atoms with E-state index in [9.17, 15) is 0 Å². The first kappa shape index (κ1) is 13.1. The fraction of sp³-hybridized carbons (Fsp3) is 0.312. The molecule has 0 aliphatic carbocycles. The molecule has 0 radical (unpaired) electrons. The minimum Gasteiger partial charge on any atom is -0.308 e. The van der Waals surface area contributed by atoms with Crippen molar-refractivity contribution in [1.82, 2.24) is 9.88 Å². The number of nitrogens with one attached hydrogen (secondary N) is 1. The predicted octanol–water partition coefficient (Wildman–Crippen LogP) is 2.36. The van der Waals surface area contributed by atoms with Crippen molar-refractivity contribution in [3.05, 3.63) is 59.8 Å². The molecule has 4 heteroatoms. The van der Waals surface area contributed by atoms with Crippen LogP contribution in [-0.2, 0) is 6.54 Å². The molecule has 2 aromatic rings. The topological polar surface area (TPSA) is 54.2 Å². The molecule has 1 aromatic carbocycles. The van der Waals surface area contributed by atoms with Crippen LogP contribution in [0.4, 0.5) is 5.82 Å². The molecule has 0 bridgehead atoms. The number of nitrogen functional groups attached to an aromatic ring is 1. The number of nitrogens with two attached hydrogens (primary N) is 1. The summed E-state index contributed by atoms with van der Waals surface area (Å²) in [4.78, 5) is 6.72. The van der Waals surface area contributed by atoms with Gasteiger partial charge in [0.05, 0.1) is 0 Å². The minimum absolute atomic E-state index is 0.641. The molecule has 20 heavy (non-hydrogen) atoms. The highest BCUT2D eigenvalue weighted by Crippen LogP contribution is 2.28. The summed E-state index contributed by atoms with van der Waals surface area (Å²) in [6.45, 7) is 3.12. The summed E-state index contributed by atoms with van der Waals surface area (Å²) < 4.78 is 0. The zero-order valence-electron chi connectivity index (χ0n) is 11.5. The van der Waals surface area contributed by atoms with Crippen molar-refractivity contribution in [2.24, 2.45) is 5.84 Å². The van der Waals surface area contributed by atoms with E-state index in [4.69, 9.17) is 5.84 Å². The number of hydrazine groups is 1. The van der Waals surface area contributed by atoms with Gasteiger partial charge in [0.1, 0.15) is 5.82 Å². The lowest BCUT2D eigenvalue weighted by molar-refractivity contribution is 0.327. The number of rotatable bonds is 4. The third kappa shape index (κ3) is 2.81. The van der Waals surface area contributed by atoms with Gasteiger partial charge in [-0.3, -0.25) is 4.90 Å². The molecule has 1 aliphatic rings. The fourth-order valence-corrected chi connectivity index (χ4v) is 2.91. The zero-order valence-corrected chi connectivity index (χ0v) is 11.5. The SMILES string of the molecule is NNc1ncccc1CN1CCC(c2ccccc2)C1. The van der Waals surface area contributed by atoms with Crippen molar-refractivity contribution >= 4 is 5.82 Å². The van der Waals surface area contributed by atoms with E-state index in [1.165, 1.54) is 12.0 Å². The molecule has 1 fully saturated rings. The Labute approximate surface area is 119 Å². The molecule has 1 saturated heterocycles. The van der Waals surface area contributed by atoms with E-state index >= 15 is 0 Å². The van der Waals surface area contributed by atoms with Crippen LogP contribution in [0.15, 0.2) is 48.7 Å². The van der Waals surface area contributed by atoms with Gasteiger partial charge >= 0.3 is 0 Å². The molecule has 4 nitrogen and oxygen atoms in total. The highest BCUT2D eigenvalue weighted by molar-refractivity contribution is 5.42. The molecular weight excluding hydrogens is 248 g/mol.